The molecule has 0 nitrogen and oxygen atoms in total. The fourth-order valence-corrected chi connectivity index (χ4v) is 0.832. The second-order valence-corrected chi connectivity index (χ2v) is 3.00. The van der Waals surface area contributed by atoms with Crippen molar-refractivity contribution in [1.29, 1.82) is 0 Å². The molecule has 0 heterocycles. The van der Waals surface area contributed by atoms with E-state index in [0.717, 1.165) is 24.8 Å². The molecule has 0 bridgehead atoms. The van der Waals surface area contributed by atoms with E-state index in [9.17, 15) is 4.39 Å². The van der Waals surface area contributed by atoms with Crippen molar-refractivity contribution in [1.82, 2.24) is 0 Å². The van der Waals surface area contributed by atoms with Crippen LogP contribution >= 0.6 is 0 Å². The number of halogens is 1. The zero-order valence-electron chi connectivity index (χ0n) is 7.33. The van der Waals surface area contributed by atoms with Crippen LogP contribution in [-0.2, 0) is 0 Å². The fraction of sp³-hybridized carbons (Fsp3) is 0.600. The van der Waals surface area contributed by atoms with Crippen LogP contribution in [0.5, 0.6) is 0 Å². The molecule has 11 heavy (non-hydrogen) atoms. The van der Waals surface area contributed by atoms with E-state index < -0.39 is 0 Å². The standard InChI is InChI=1S/C10H17F/c1-9(2)6-7-10(3)5-4-8-11/h1,3-8H2,2H3. The molecule has 0 saturated carbocycles. The van der Waals surface area contributed by atoms with E-state index in [1.165, 1.54) is 5.57 Å². The van der Waals surface area contributed by atoms with Gasteiger partial charge in [-0.15, -0.1) is 6.58 Å². The van der Waals surface area contributed by atoms with Crippen LogP contribution in [0.25, 0.3) is 0 Å². The quantitative estimate of drug-likeness (QED) is 0.515. The molecule has 0 aliphatic carbocycles. The van der Waals surface area contributed by atoms with E-state index >= 15 is 0 Å². The van der Waals surface area contributed by atoms with Gasteiger partial charge in [0.2, 0.25) is 0 Å². The van der Waals surface area contributed by atoms with Crippen molar-refractivity contribution in [3.63, 3.8) is 0 Å². The highest BCUT2D eigenvalue weighted by Crippen LogP contribution is 2.12. The molecule has 0 radical (unpaired) electrons. The summed E-state index contributed by atoms with van der Waals surface area (Å²) >= 11 is 0. The van der Waals surface area contributed by atoms with Crippen LogP contribution in [-0.4, -0.2) is 6.67 Å². The minimum atomic E-state index is -0.230. The third-order valence-electron chi connectivity index (χ3n) is 1.57. The van der Waals surface area contributed by atoms with Gasteiger partial charge in [0.15, 0.2) is 0 Å². The van der Waals surface area contributed by atoms with Gasteiger partial charge in [0.05, 0.1) is 6.67 Å². The van der Waals surface area contributed by atoms with Gasteiger partial charge in [0.1, 0.15) is 0 Å². The number of alkyl halides is 1. The van der Waals surface area contributed by atoms with Gasteiger partial charge >= 0.3 is 0 Å². The molecule has 0 aromatic heterocycles. The maximum atomic E-state index is 11.7. The predicted octanol–water partition coefficient (Wildman–Crippen LogP) is 3.65. The third-order valence-corrected chi connectivity index (χ3v) is 1.57. The Morgan fingerprint density at radius 1 is 1.18 bits per heavy atom. The van der Waals surface area contributed by atoms with Crippen molar-refractivity contribution in [3.8, 4) is 0 Å². The third kappa shape index (κ3) is 7.31. The summed E-state index contributed by atoms with van der Waals surface area (Å²) in [6.07, 6.45) is 3.40. The Labute approximate surface area is 68.8 Å². The minimum absolute atomic E-state index is 0.230. The summed E-state index contributed by atoms with van der Waals surface area (Å²) in [7, 11) is 0. The average molecular weight is 156 g/mol. The molecule has 1 heteroatoms. The van der Waals surface area contributed by atoms with E-state index in [1.54, 1.807) is 0 Å². The SMILES string of the molecule is C=C(C)CCC(=C)CCCF. The van der Waals surface area contributed by atoms with Crippen LogP contribution in [0.2, 0.25) is 0 Å². The molecular formula is C10H17F. The Morgan fingerprint density at radius 2 is 1.82 bits per heavy atom. The van der Waals surface area contributed by atoms with Gasteiger partial charge in [0, 0.05) is 0 Å². The van der Waals surface area contributed by atoms with Gasteiger partial charge in [-0.3, -0.25) is 4.39 Å². The summed E-state index contributed by atoms with van der Waals surface area (Å²) in [6, 6.07) is 0. The van der Waals surface area contributed by atoms with Crippen molar-refractivity contribution >= 4 is 0 Å². The van der Waals surface area contributed by atoms with Crippen LogP contribution in [0.15, 0.2) is 24.3 Å². The van der Waals surface area contributed by atoms with Crippen molar-refractivity contribution in [2.24, 2.45) is 0 Å². The first kappa shape index (κ1) is 10.4. The largest absolute Gasteiger partial charge is 0.251 e. The van der Waals surface area contributed by atoms with E-state index in [0.29, 0.717) is 6.42 Å². The van der Waals surface area contributed by atoms with Crippen LogP contribution in [0, 0.1) is 0 Å². The fourth-order valence-electron chi connectivity index (χ4n) is 0.832. The van der Waals surface area contributed by atoms with Crippen molar-refractivity contribution in [3.05, 3.63) is 24.3 Å². The first-order chi connectivity index (χ1) is 5.16. The molecule has 64 valence electrons. The zero-order valence-corrected chi connectivity index (χ0v) is 7.33. The molecule has 0 aromatic rings. The second-order valence-electron chi connectivity index (χ2n) is 3.00. The summed E-state index contributed by atoms with van der Waals surface area (Å²) < 4.78 is 11.7. The Balaban J connectivity index is 3.30. The molecule has 0 rings (SSSR count). The monoisotopic (exact) mass is 156 g/mol. The van der Waals surface area contributed by atoms with Gasteiger partial charge < -0.3 is 0 Å². The summed E-state index contributed by atoms with van der Waals surface area (Å²) in [5, 5.41) is 0. The summed E-state index contributed by atoms with van der Waals surface area (Å²) in [5.41, 5.74) is 2.32. The molecule has 0 aromatic carbocycles. The van der Waals surface area contributed by atoms with Gasteiger partial charge in [-0.25, -0.2) is 0 Å². The highest BCUT2D eigenvalue weighted by molar-refractivity contribution is 4.99. The minimum Gasteiger partial charge on any atom is -0.251 e. The molecule has 0 aliphatic rings. The maximum Gasteiger partial charge on any atom is 0.0897 e. The van der Waals surface area contributed by atoms with Crippen molar-refractivity contribution in [2.45, 2.75) is 32.6 Å². The second kappa shape index (κ2) is 6.14. The molecular weight excluding hydrogens is 139 g/mol. The van der Waals surface area contributed by atoms with Gasteiger partial charge in [-0.1, -0.05) is 17.7 Å². The average Bonchev–Trinajstić information content (AvgIpc) is 1.97. The molecule has 0 fully saturated rings. The molecule has 0 N–H and O–H groups in total. The molecule has 0 unspecified atom stereocenters. The molecule has 0 saturated heterocycles. The van der Waals surface area contributed by atoms with E-state index in [-0.39, 0.29) is 6.67 Å². The van der Waals surface area contributed by atoms with Crippen molar-refractivity contribution in [2.75, 3.05) is 6.67 Å². The Bertz CT molecular complexity index is 136. The van der Waals surface area contributed by atoms with E-state index in [1.807, 2.05) is 6.92 Å². The van der Waals surface area contributed by atoms with Crippen LogP contribution in [0.4, 0.5) is 4.39 Å². The molecule has 0 aliphatic heterocycles. The molecule has 0 amide bonds. The van der Waals surface area contributed by atoms with Gasteiger partial charge in [-0.05, 0) is 32.6 Å². The molecule has 0 atom stereocenters. The number of hydrogen-bond acceptors (Lipinski definition) is 0. The number of allylic oxidation sites excluding steroid dienone is 2. The summed E-state index contributed by atoms with van der Waals surface area (Å²) in [4.78, 5) is 0. The topological polar surface area (TPSA) is 0 Å². The lowest BCUT2D eigenvalue weighted by Gasteiger charge is -2.02. The smallest absolute Gasteiger partial charge is 0.0897 e. The Kier molecular flexibility index (Phi) is 5.81. The highest BCUT2D eigenvalue weighted by Gasteiger charge is 1.94. The van der Waals surface area contributed by atoms with Crippen LogP contribution < -0.4 is 0 Å². The Morgan fingerprint density at radius 3 is 2.27 bits per heavy atom. The lowest BCUT2D eigenvalue weighted by Crippen LogP contribution is -1.85. The predicted molar refractivity (Wildman–Crippen MR) is 48.4 cm³/mol. The zero-order chi connectivity index (χ0) is 8.69. The van der Waals surface area contributed by atoms with Gasteiger partial charge in [0.25, 0.3) is 0 Å². The summed E-state index contributed by atoms with van der Waals surface area (Å²) in [6.45, 7) is 9.42. The summed E-state index contributed by atoms with van der Waals surface area (Å²) in [5.74, 6) is 0. The first-order valence-corrected chi connectivity index (χ1v) is 4.04. The normalized spacial score (nSPS) is 9.64. The van der Waals surface area contributed by atoms with E-state index in [2.05, 4.69) is 13.2 Å². The van der Waals surface area contributed by atoms with Gasteiger partial charge in [-0.2, -0.15) is 0 Å². The van der Waals surface area contributed by atoms with Crippen molar-refractivity contribution < 1.29 is 4.39 Å². The lowest BCUT2D eigenvalue weighted by molar-refractivity contribution is 0.470. The van der Waals surface area contributed by atoms with Crippen LogP contribution in [0.3, 0.4) is 0 Å². The first-order valence-electron chi connectivity index (χ1n) is 4.04. The van der Waals surface area contributed by atoms with E-state index in [4.69, 9.17) is 0 Å². The maximum absolute atomic E-state index is 11.7. The number of hydrogen-bond donors (Lipinski definition) is 0. The van der Waals surface area contributed by atoms with Crippen LogP contribution in [0.1, 0.15) is 32.6 Å². The highest BCUT2D eigenvalue weighted by atomic mass is 19.1. The Hall–Kier alpha value is -0.590. The molecule has 0 spiro atoms. The number of rotatable bonds is 6. The lowest BCUT2D eigenvalue weighted by atomic mass is 10.0.